The van der Waals surface area contributed by atoms with Crippen molar-refractivity contribution >= 4 is 5.96 Å². The molecular formula is C21H44N6O2. The fraction of sp³-hybridized carbons (Fsp3) is 0.952. The Kier molecular flexibility index (Phi) is 11.2. The average Bonchev–Trinajstić information content (AvgIpc) is 2.72. The first kappa shape index (κ1) is 24.3. The maximum absolute atomic E-state index is 10.7. The summed E-state index contributed by atoms with van der Waals surface area (Å²) in [4.78, 5) is 12.0. The molecule has 0 aromatic carbocycles. The minimum Gasteiger partial charge on any atom is -0.387 e. The number of guanidine groups is 1. The van der Waals surface area contributed by atoms with Crippen molar-refractivity contribution in [2.45, 2.75) is 39.2 Å². The molecular weight excluding hydrogens is 368 g/mol. The molecule has 0 spiro atoms. The molecule has 2 aliphatic heterocycles. The van der Waals surface area contributed by atoms with Gasteiger partial charge in [-0.15, -0.1) is 0 Å². The summed E-state index contributed by atoms with van der Waals surface area (Å²) in [5, 5.41) is 17.4. The Morgan fingerprint density at radius 1 is 0.966 bits per heavy atom. The van der Waals surface area contributed by atoms with Gasteiger partial charge >= 0.3 is 0 Å². The fourth-order valence-electron chi connectivity index (χ4n) is 3.88. The van der Waals surface area contributed by atoms with E-state index in [2.05, 4.69) is 44.2 Å². The number of likely N-dealkylation sites (N-methyl/N-ethyl adjacent to an activating group) is 1. The summed E-state index contributed by atoms with van der Waals surface area (Å²) in [7, 11) is 0. The summed E-state index contributed by atoms with van der Waals surface area (Å²) in [5.41, 5.74) is -0.833. The highest BCUT2D eigenvalue weighted by Crippen LogP contribution is 2.09. The normalized spacial score (nSPS) is 22.4. The maximum Gasteiger partial charge on any atom is 0.191 e. The van der Waals surface area contributed by atoms with Gasteiger partial charge in [0.15, 0.2) is 5.96 Å². The Morgan fingerprint density at radius 3 is 2.31 bits per heavy atom. The predicted molar refractivity (Wildman–Crippen MR) is 120 cm³/mol. The van der Waals surface area contributed by atoms with Gasteiger partial charge in [0.2, 0.25) is 0 Å². The molecule has 0 bridgehead atoms. The first-order chi connectivity index (χ1) is 14.0. The van der Waals surface area contributed by atoms with Gasteiger partial charge < -0.3 is 30.3 Å². The highest BCUT2D eigenvalue weighted by atomic mass is 16.5. The number of β-amino-alcohol motifs (C(OH)–C–C–N with tert-alkyl or cyclic N) is 1. The van der Waals surface area contributed by atoms with Crippen molar-refractivity contribution in [3.05, 3.63) is 0 Å². The van der Waals surface area contributed by atoms with E-state index >= 15 is 0 Å². The third kappa shape index (κ3) is 10.1. The van der Waals surface area contributed by atoms with E-state index in [-0.39, 0.29) is 0 Å². The van der Waals surface area contributed by atoms with Gasteiger partial charge in [0.05, 0.1) is 25.4 Å². The molecule has 0 aromatic rings. The van der Waals surface area contributed by atoms with Gasteiger partial charge in [-0.3, -0.25) is 9.89 Å². The van der Waals surface area contributed by atoms with Crippen molar-refractivity contribution in [2.75, 3.05) is 91.8 Å². The molecule has 8 nitrogen and oxygen atoms in total. The minimum absolute atomic E-state index is 0.390. The molecule has 0 radical (unpaired) electrons. The van der Waals surface area contributed by atoms with Crippen LogP contribution >= 0.6 is 0 Å². The molecule has 1 atom stereocenters. The van der Waals surface area contributed by atoms with Crippen LogP contribution in [0.2, 0.25) is 0 Å². The molecule has 2 aliphatic rings. The smallest absolute Gasteiger partial charge is 0.191 e. The summed E-state index contributed by atoms with van der Waals surface area (Å²) in [6.45, 7) is 19.3. The van der Waals surface area contributed by atoms with Crippen molar-refractivity contribution in [2.24, 2.45) is 4.99 Å². The number of aliphatic hydroxyl groups is 1. The molecule has 29 heavy (non-hydrogen) atoms. The Labute approximate surface area is 177 Å². The summed E-state index contributed by atoms with van der Waals surface area (Å²) < 4.78 is 5.38. The molecule has 0 amide bonds. The number of hydrogen-bond acceptors (Lipinski definition) is 6. The zero-order valence-corrected chi connectivity index (χ0v) is 19.0. The second-order valence-electron chi connectivity index (χ2n) is 8.49. The number of ether oxygens (including phenoxy) is 1. The topological polar surface area (TPSA) is 75.6 Å². The Balaban J connectivity index is 1.63. The number of nitrogens with zero attached hydrogens (tertiary/aromatic N) is 4. The van der Waals surface area contributed by atoms with Crippen LogP contribution in [0.1, 0.15) is 33.6 Å². The lowest BCUT2D eigenvalue weighted by molar-refractivity contribution is -0.0179. The van der Waals surface area contributed by atoms with Crippen molar-refractivity contribution in [3.63, 3.8) is 0 Å². The number of morpholine rings is 1. The van der Waals surface area contributed by atoms with E-state index in [1.165, 1.54) is 45.7 Å². The first-order valence-corrected chi connectivity index (χ1v) is 11.5. The maximum atomic E-state index is 10.7. The number of nitrogens with one attached hydrogen (secondary N) is 2. The van der Waals surface area contributed by atoms with Crippen LogP contribution in [0.4, 0.5) is 0 Å². The molecule has 0 saturated carbocycles. The predicted octanol–water partition coefficient (Wildman–Crippen LogP) is 0.0424. The van der Waals surface area contributed by atoms with Crippen LogP contribution in [0.15, 0.2) is 4.99 Å². The fourth-order valence-corrected chi connectivity index (χ4v) is 3.88. The molecule has 2 rings (SSSR count). The zero-order chi connectivity index (χ0) is 21.0. The van der Waals surface area contributed by atoms with Crippen LogP contribution in [0.5, 0.6) is 0 Å². The van der Waals surface area contributed by atoms with Crippen LogP contribution in [0.25, 0.3) is 0 Å². The molecule has 3 N–H and O–H groups in total. The second kappa shape index (κ2) is 13.4. The Bertz CT molecular complexity index is 460. The number of piperazine rings is 1. The van der Waals surface area contributed by atoms with E-state index in [4.69, 9.17) is 4.74 Å². The molecule has 2 saturated heterocycles. The van der Waals surface area contributed by atoms with Crippen molar-refractivity contribution < 1.29 is 9.84 Å². The largest absolute Gasteiger partial charge is 0.387 e. The van der Waals surface area contributed by atoms with Crippen molar-refractivity contribution in [1.29, 1.82) is 0 Å². The second-order valence-corrected chi connectivity index (χ2v) is 8.49. The van der Waals surface area contributed by atoms with Gasteiger partial charge in [0.1, 0.15) is 0 Å². The number of unbranched alkanes of at least 4 members (excludes halogenated alkanes) is 1. The van der Waals surface area contributed by atoms with E-state index in [1.54, 1.807) is 0 Å². The summed E-state index contributed by atoms with van der Waals surface area (Å²) in [5.74, 6) is 0.798. The molecule has 170 valence electrons. The summed E-state index contributed by atoms with van der Waals surface area (Å²) in [6, 6.07) is 0. The van der Waals surface area contributed by atoms with E-state index < -0.39 is 5.60 Å². The number of hydrogen-bond donors (Lipinski definition) is 3. The minimum atomic E-state index is -0.833. The molecule has 0 aliphatic carbocycles. The monoisotopic (exact) mass is 412 g/mol. The zero-order valence-electron chi connectivity index (χ0n) is 19.0. The van der Waals surface area contributed by atoms with E-state index in [0.717, 1.165) is 51.8 Å². The van der Waals surface area contributed by atoms with E-state index in [9.17, 15) is 5.11 Å². The molecule has 1 unspecified atom stereocenters. The molecule has 8 heteroatoms. The molecule has 2 heterocycles. The van der Waals surface area contributed by atoms with Gasteiger partial charge in [-0.2, -0.15) is 0 Å². The summed E-state index contributed by atoms with van der Waals surface area (Å²) >= 11 is 0. The Hall–Kier alpha value is -0.930. The van der Waals surface area contributed by atoms with Gasteiger partial charge in [0.25, 0.3) is 0 Å². The highest BCUT2D eigenvalue weighted by molar-refractivity contribution is 5.79. The lowest BCUT2D eigenvalue weighted by atomic mass is 10.1. The number of aliphatic imine (C=N–C) groups is 1. The average molecular weight is 413 g/mol. The van der Waals surface area contributed by atoms with E-state index in [1.807, 2.05) is 6.92 Å². The Morgan fingerprint density at radius 2 is 1.66 bits per heavy atom. The number of rotatable bonds is 11. The van der Waals surface area contributed by atoms with Gasteiger partial charge in [-0.25, -0.2) is 0 Å². The van der Waals surface area contributed by atoms with Crippen molar-refractivity contribution in [1.82, 2.24) is 25.3 Å². The van der Waals surface area contributed by atoms with Crippen molar-refractivity contribution in [3.8, 4) is 0 Å². The third-order valence-corrected chi connectivity index (χ3v) is 5.70. The standard InChI is InChI=1S/C21H44N6O2/c1-4-22-20(24-18-21(3,28)19-27-14-16-29-17-15-27)23-8-6-7-9-26-12-10-25(5-2)11-13-26/h28H,4-19H2,1-3H3,(H2,22,23,24). The third-order valence-electron chi connectivity index (χ3n) is 5.70. The lowest BCUT2D eigenvalue weighted by Crippen LogP contribution is -2.48. The van der Waals surface area contributed by atoms with E-state index in [0.29, 0.717) is 13.1 Å². The quantitative estimate of drug-likeness (QED) is 0.251. The van der Waals surface area contributed by atoms with Gasteiger partial charge in [-0.1, -0.05) is 6.92 Å². The van der Waals surface area contributed by atoms with Crippen LogP contribution < -0.4 is 10.6 Å². The van der Waals surface area contributed by atoms with Gasteiger partial charge in [0, 0.05) is 58.9 Å². The molecule has 2 fully saturated rings. The first-order valence-electron chi connectivity index (χ1n) is 11.5. The molecule has 0 aromatic heterocycles. The van der Waals surface area contributed by atoms with Crippen LogP contribution in [0, 0.1) is 0 Å². The van der Waals surface area contributed by atoms with Crippen LogP contribution in [-0.4, -0.2) is 123 Å². The van der Waals surface area contributed by atoms with Crippen LogP contribution in [-0.2, 0) is 4.74 Å². The lowest BCUT2D eigenvalue weighted by Gasteiger charge is -2.34. The highest BCUT2D eigenvalue weighted by Gasteiger charge is 2.25. The SMILES string of the molecule is CCNC(=NCC(C)(O)CN1CCOCC1)NCCCCN1CCN(CC)CC1. The van der Waals surface area contributed by atoms with Crippen LogP contribution in [0.3, 0.4) is 0 Å². The van der Waals surface area contributed by atoms with Gasteiger partial charge in [-0.05, 0) is 39.8 Å². The summed E-state index contributed by atoms with van der Waals surface area (Å²) in [6.07, 6.45) is 2.33.